The van der Waals surface area contributed by atoms with Gasteiger partial charge in [-0.05, 0) is 12.5 Å². The molecule has 1 aromatic rings. The number of carbonyl (C=O) groups excluding carboxylic acids is 1. The zero-order valence-corrected chi connectivity index (χ0v) is 9.91. The normalized spacial score (nSPS) is 10.7. The van der Waals surface area contributed by atoms with E-state index in [0.29, 0.717) is 6.54 Å². The van der Waals surface area contributed by atoms with Gasteiger partial charge >= 0.3 is 11.9 Å². The average Bonchev–Trinajstić information content (AvgIpc) is 2.77. The first-order chi connectivity index (χ1) is 8.54. The molecule has 0 aromatic carbocycles. The molecule has 18 heavy (non-hydrogen) atoms. The summed E-state index contributed by atoms with van der Waals surface area (Å²) < 4.78 is 4.85. The molecule has 0 unspecified atom stereocenters. The van der Waals surface area contributed by atoms with Gasteiger partial charge in [-0.2, -0.15) is 5.10 Å². The molecule has 1 rings (SSSR count). The van der Waals surface area contributed by atoms with Crippen LogP contribution >= 0.6 is 0 Å². The molecular weight excluding hydrogens is 240 g/mol. The van der Waals surface area contributed by atoms with Gasteiger partial charge in [0.05, 0.1) is 12.3 Å². The number of hydrogen-bond donors (Lipinski definition) is 1. The Bertz CT molecular complexity index is 454. The van der Waals surface area contributed by atoms with Crippen LogP contribution in [0.1, 0.15) is 25.5 Å². The van der Waals surface area contributed by atoms with Crippen molar-refractivity contribution in [3.8, 4) is 0 Å². The zero-order valence-electron chi connectivity index (χ0n) is 9.91. The van der Waals surface area contributed by atoms with Crippen LogP contribution in [0.3, 0.4) is 0 Å². The maximum atomic E-state index is 11.0. The van der Waals surface area contributed by atoms with E-state index < -0.39 is 11.0 Å². The van der Waals surface area contributed by atoms with Gasteiger partial charge in [0.2, 0.25) is 0 Å². The van der Waals surface area contributed by atoms with E-state index in [0.717, 1.165) is 17.9 Å². The lowest BCUT2D eigenvalue weighted by atomic mass is 10.3. The number of rotatable bonds is 6. The summed E-state index contributed by atoms with van der Waals surface area (Å²) in [7, 11) is 0. The topological polar surface area (TPSA) is 115 Å². The van der Waals surface area contributed by atoms with Gasteiger partial charge in [0.15, 0.2) is 5.76 Å². The second kappa shape index (κ2) is 6.38. The fraction of sp³-hybridized carbons (Fsp3) is 0.400. The monoisotopic (exact) mass is 254 g/mol. The molecule has 98 valence electrons. The van der Waals surface area contributed by atoms with Crippen molar-refractivity contribution in [1.82, 2.24) is 5.01 Å². The number of amides is 2. The fourth-order valence-electron chi connectivity index (χ4n) is 1.17. The minimum absolute atomic E-state index is 0.185. The Labute approximate surface area is 103 Å². The number of carbonyl (C=O) groups is 1. The standard InChI is InChI=1S/C10H14N4O4/c1-2-3-6-13(10(11)15)12-7-8-4-5-9(18-8)14(16)17/h4-5,7H,2-3,6H2,1H3,(H2,11,15). The van der Waals surface area contributed by atoms with Crippen molar-refractivity contribution in [2.75, 3.05) is 6.54 Å². The van der Waals surface area contributed by atoms with Gasteiger partial charge in [0.25, 0.3) is 0 Å². The quantitative estimate of drug-likeness (QED) is 0.472. The molecular formula is C10H14N4O4. The number of furan rings is 1. The molecule has 0 aliphatic carbocycles. The van der Waals surface area contributed by atoms with Crippen molar-refractivity contribution in [2.45, 2.75) is 19.8 Å². The van der Waals surface area contributed by atoms with Crippen LogP contribution < -0.4 is 5.73 Å². The third kappa shape index (κ3) is 3.89. The maximum absolute atomic E-state index is 11.0. The molecule has 0 saturated heterocycles. The van der Waals surface area contributed by atoms with Crippen molar-refractivity contribution < 1.29 is 14.1 Å². The zero-order chi connectivity index (χ0) is 13.5. The molecule has 0 bridgehead atoms. The predicted molar refractivity (Wildman–Crippen MR) is 64.2 cm³/mol. The van der Waals surface area contributed by atoms with Crippen LogP contribution in [0.4, 0.5) is 10.7 Å². The molecule has 0 aliphatic rings. The lowest BCUT2D eigenvalue weighted by Crippen LogP contribution is -2.32. The van der Waals surface area contributed by atoms with Crippen molar-refractivity contribution in [2.24, 2.45) is 10.8 Å². The third-order valence-electron chi connectivity index (χ3n) is 2.09. The molecule has 0 saturated carbocycles. The van der Waals surface area contributed by atoms with E-state index in [2.05, 4.69) is 5.10 Å². The van der Waals surface area contributed by atoms with Gasteiger partial charge in [0.1, 0.15) is 4.92 Å². The number of nitro groups is 1. The molecule has 0 atom stereocenters. The Kier molecular flexibility index (Phi) is 4.85. The summed E-state index contributed by atoms with van der Waals surface area (Å²) in [5, 5.41) is 15.3. The van der Waals surface area contributed by atoms with Crippen LogP contribution in [0.25, 0.3) is 0 Å². The van der Waals surface area contributed by atoms with Crippen LogP contribution in [-0.2, 0) is 0 Å². The van der Waals surface area contributed by atoms with E-state index in [1.807, 2.05) is 6.92 Å². The lowest BCUT2D eigenvalue weighted by molar-refractivity contribution is -0.402. The number of unbranched alkanes of at least 4 members (excludes halogenated alkanes) is 1. The molecule has 1 heterocycles. The molecule has 1 aromatic heterocycles. The van der Waals surface area contributed by atoms with Gasteiger partial charge in [0, 0.05) is 6.54 Å². The van der Waals surface area contributed by atoms with Crippen molar-refractivity contribution in [1.29, 1.82) is 0 Å². The van der Waals surface area contributed by atoms with Crippen LogP contribution in [0, 0.1) is 10.1 Å². The van der Waals surface area contributed by atoms with E-state index in [4.69, 9.17) is 10.2 Å². The number of urea groups is 1. The second-order valence-corrected chi connectivity index (χ2v) is 3.49. The Hall–Kier alpha value is -2.38. The highest BCUT2D eigenvalue weighted by Crippen LogP contribution is 2.14. The third-order valence-corrected chi connectivity index (χ3v) is 2.09. The Morgan fingerprint density at radius 3 is 2.89 bits per heavy atom. The van der Waals surface area contributed by atoms with E-state index in [9.17, 15) is 14.9 Å². The second-order valence-electron chi connectivity index (χ2n) is 3.49. The van der Waals surface area contributed by atoms with E-state index >= 15 is 0 Å². The first kappa shape index (κ1) is 13.7. The van der Waals surface area contributed by atoms with E-state index in [1.54, 1.807) is 0 Å². The summed E-state index contributed by atoms with van der Waals surface area (Å²) in [6.45, 7) is 2.36. The van der Waals surface area contributed by atoms with Gasteiger partial charge in [-0.25, -0.2) is 9.80 Å². The first-order valence-corrected chi connectivity index (χ1v) is 5.39. The number of primary amides is 1. The Morgan fingerprint density at radius 1 is 1.67 bits per heavy atom. The van der Waals surface area contributed by atoms with Gasteiger partial charge in [-0.3, -0.25) is 10.1 Å². The number of hydrazone groups is 1. The highest BCUT2D eigenvalue weighted by molar-refractivity contribution is 5.79. The number of nitrogens with zero attached hydrogens (tertiary/aromatic N) is 3. The van der Waals surface area contributed by atoms with Crippen LogP contribution in [0.5, 0.6) is 0 Å². The molecule has 0 spiro atoms. The van der Waals surface area contributed by atoms with Gasteiger partial charge in [-0.1, -0.05) is 13.3 Å². The molecule has 8 heteroatoms. The Morgan fingerprint density at radius 2 is 2.39 bits per heavy atom. The molecule has 8 nitrogen and oxygen atoms in total. The summed E-state index contributed by atoms with van der Waals surface area (Å²) in [6.07, 6.45) is 2.87. The molecule has 0 fully saturated rings. The summed E-state index contributed by atoms with van der Waals surface area (Å²) in [4.78, 5) is 20.8. The highest BCUT2D eigenvalue weighted by Gasteiger charge is 2.11. The first-order valence-electron chi connectivity index (χ1n) is 5.39. The van der Waals surface area contributed by atoms with Gasteiger partial charge in [-0.15, -0.1) is 0 Å². The van der Waals surface area contributed by atoms with Gasteiger partial charge < -0.3 is 10.2 Å². The maximum Gasteiger partial charge on any atom is 0.433 e. The van der Waals surface area contributed by atoms with Crippen LogP contribution in [0.2, 0.25) is 0 Å². The van der Waals surface area contributed by atoms with E-state index in [1.165, 1.54) is 18.3 Å². The average molecular weight is 254 g/mol. The molecule has 2 amide bonds. The molecule has 0 radical (unpaired) electrons. The number of nitrogens with two attached hydrogens (primary N) is 1. The summed E-state index contributed by atoms with van der Waals surface area (Å²) in [6, 6.07) is 1.92. The minimum Gasteiger partial charge on any atom is -0.400 e. The number of hydrogen-bond acceptors (Lipinski definition) is 5. The van der Waals surface area contributed by atoms with E-state index in [-0.39, 0.29) is 11.6 Å². The van der Waals surface area contributed by atoms with Crippen molar-refractivity contribution in [3.05, 3.63) is 28.0 Å². The fourth-order valence-corrected chi connectivity index (χ4v) is 1.17. The molecule has 0 aliphatic heterocycles. The lowest BCUT2D eigenvalue weighted by Gasteiger charge is -2.12. The summed E-state index contributed by atoms with van der Waals surface area (Å²) in [5.74, 6) is -0.194. The predicted octanol–water partition coefficient (Wildman–Crippen LogP) is 1.70. The largest absolute Gasteiger partial charge is 0.433 e. The summed E-state index contributed by atoms with van der Waals surface area (Å²) in [5.41, 5.74) is 5.13. The molecule has 2 N–H and O–H groups in total. The summed E-state index contributed by atoms with van der Waals surface area (Å²) >= 11 is 0. The van der Waals surface area contributed by atoms with Crippen LogP contribution in [0.15, 0.2) is 21.7 Å². The van der Waals surface area contributed by atoms with Crippen molar-refractivity contribution >= 4 is 18.1 Å². The SMILES string of the molecule is CCCCN(N=Cc1ccc([N+](=O)[O-])o1)C(N)=O. The Balaban J connectivity index is 2.69. The highest BCUT2D eigenvalue weighted by atomic mass is 16.6. The smallest absolute Gasteiger partial charge is 0.400 e. The minimum atomic E-state index is -0.680. The van der Waals surface area contributed by atoms with Crippen molar-refractivity contribution in [3.63, 3.8) is 0 Å². The van der Waals surface area contributed by atoms with Crippen LogP contribution in [-0.4, -0.2) is 28.7 Å².